The second kappa shape index (κ2) is 3.74. The molecule has 0 aliphatic rings. The average Bonchev–Trinajstić information content (AvgIpc) is 1.88. The zero-order valence-corrected chi connectivity index (χ0v) is 6.67. The average molecular weight is 144 g/mol. The quantitative estimate of drug-likeness (QED) is 0.576. The molecule has 2 nitrogen and oxygen atoms in total. The van der Waals surface area contributed by atoms with Gasteiger partial charge in [-0.3, -0.25) is 0 Å². The molecule has 0 radical (unpaired) electrons. The molecule has 0 aromatic heterocycles. The van der Waals surface area contributed by atoms with Crippen molar-refractivity contribution < 1.29 is 10.2 Å². The molecule has 0 aliphatic carbocycles. The minimum Gasteiger partial charge on any atom is -0.396 e. The van der Waals surface area contributed by atoms with Crippen molar-refractivity contribution in [2.45, 2.75) is 26.4 Å². The van der Waals surface area contributed by atoms with Crippen LogP contribution in [-0.2, 0) is 0 Å². The van der Waals surface area contributed by atoms with E-state index in [4.69, 9.17) is 5.11 Å². The first-order valence-electron chi connectivity index (χ1n) is 3.46. The second-order valence-corrected chi connectivity index (χ2v) is 2.98. The summed E-state index contributed by atoms with van der Waals surface area (Å²) >= 11 is 0. The Balaban J connectivity index is 4.07. The summed E-state index contributed by atoms with van der Waals surface area (Å²) in [7, 11) is 0. The number of allylic oxidation sites excluding steroid dienone is 1. The van der Waals surface area contributed by atoms with Crippen LogP contribution in [0.4, 0.5) is 0 Å². The van der Waals surface area contributed by atoms with Gasteiger partial charge in [-0.15, -0.1) is 6.58 Å². The second-order valence-electron chi connectivity index (χ2n) is 2.98. The maximum atomic E-state index is 9.19. The molecule has 0 saturated heterocycles. The molecule has 0 amide bonds. The van der Waals surface area contributed by atoms with Gasteiger partial charge in [-0.2, -0.15) is 0 Å². The van der Waals surface area contributed by atoms with Crippen molar-refractivity contribution in [3.05, 3.63) is 12.7 Å². The van der Waals surface area contributed by atoms with Crippen molar-refractivity contribution in [3.63, 3.8) is 0 Å². The summed E-state index contributed by atoms with van der Waals surface area (Å²) in [5.74, 6) is 0. The molecule has 0 heterocycles. The van der Waals surface area contributed by atoms with E-state index in [1.54, 1.807) is 13.0 Å². The third-order valence-electron chi connectivity index (χ3n) is 1.98. The predicted octanol–water partition coefficient (Wildman–Crippen LogP) is 0.942. The third-order valence-corrected chi connectivity index (χ3v) is 1.98. The van der Waals surface area contributed by atoms with E-state index in [1.807, 2.05) is 6.92 Å². The summed E-state index contributed by atoms with van der Waals surface area (Å²) in [6, 6.07) is 0. The lowest BCUT2D eigenvalue weighted by Gasteiger charge is -2.28. The van der Waals surface area contributed by atoms with Crippen LogP contribution in [0.3, 0.4) is 0 Å². The van der Waals surface area contributed by atoms with Gasteiger partial charge in [-0.25, -0.2) is 0 Å². The van der Waals surface area contributed by atoms with Gasteiger partial charge in [0.2, 0.25) is 0 Å². The summed E-state index contributed by atoms with van der Waals surface area (Å²) in [5, 5.41) is 18.1. The Hall–Kier alpha value is -0.340. The molecular weight excluding hydrogens is 128 g/mol. The molecule has 60 valence electrons. The van der Waals surface area contributed by atoms with E-state index in [2.05, 4.69) is 6.58 Å². The van der Waals surface area contributed by atoms with Gasteiger partial charge >= 0.3 is 0 Å². The molecule has 0 rings (SSSR count). The zero-order chi connectivity index (χ0) is 8.20. The van der Waals surface area contributed by atoms with Crippen molar-refractivity contribution in [2.75, 3.05) is 6.61 Å². The first-order valence-corrected chi connectivity index (χ1v) is 3.46. The van der Waals surface area contributed by atoms with Crippen LogP contribution >= 0.6 is 0 Å². The molecule has 1 unspecified atom stereocenters. The Morgan fingerprint density at radius 3 is 2.30 bits per heavy atom. The first kappa shape index (κ1) is 9.66. The van der Waals surface area contributed by atoms with Crippen LogP contribution in [0, 0.1) is 5.41 Å². The fraction of sp³-hybridized carbons (Fsp3) is 0.750. The molecule has 0 bridgehead atoms. The van der Waals surface area contributed by atoms with Crippen molar-refractivity contribution in [3.8, 4) is 0 Å². The maximum Gasteiger partial charge on any atom is 0.0590 e. The highest BCUT2D eigenvalue weighted by Gasteiger charge is 2.27. The van der Waals surface area contributed by atoms with Gasteiger partial charge in [0.1, 0.15) is 0 Å². The van der Waals surface area contributed by atoms with Crippen molar-refractivity contribution in [1.29, 1.82) is 0 Å². The predicted molar refractivity (Wildman–Crippen MR) is 41.7 cm³/mol. The molecule has 0 spiro atoms. The minimum atomic E-state index is -0.490. The summed E-state index contributed by atoms with van der Waals surface area (Å²) in [5.41, 5.74) is -0.415. The number of hydrogen-bond donors (Lipinski definition) is 2. The number of hydrogen-bond acceptors (Lipinski definition) is 2. The van der Waals surface area contributed by atoms with Crippen LogP contribution in [0.15, 0.2) is 12.7 Å². The highest BCUT2D eigenvalue weighted by molar-refractivity contribution is 4.86. The summed E-state index contributed by atoms with van der Waals surface area (Å²) < 4.78 is 0. The van der Waals surface area contributed by atoms with Crippen LogP contribution in [0.2, 0.25) is 0 Å². The molecule has 10 heavy (non-hydrogen) atoms. The van der Waals surface area contributed by atoms with Crippen LogP contribution in [0.1, 0.15) is 20.3 Å². The molecular formula is C8H16O2. The topological polar surface area (TPSA) is 40.5 Å². The minimum absolute atomic E-state index is 0.00329. The molecule has 2 N–H and O–H groups in total. The molecule has 0 aromatic carbocycles. The Bertz CT molecular complexity index is 110. The smallest absolute Gasteiger partial charge is 0.0590 e. The van der Waals surface area contributed by atoms with E-state index < -0.39 is 11.5 Å². The zero-order valence-electron chi connectivity index (χ0n) is 6.67. The van der Waals surface area contributed by atoms with Crippen molar-refractivity contribution >= 4 is 0 Å². The fourth-order valence-electron chi connectivity index (χ4n) is 0.697. The van der Waals surface area contributed by atoms with E-state index in [0.29, 0.717) is 6.42 Å². The lowest BCUT2D eigenvalue weighted by atomic mass is 9.83. The van der Waals surface area contributed by atoms with Gasteiger partial charge in [0, 0.05) is 5.41 Å². The third kappa shape index (κ3) is 2.12. The molecule has 0 fully saturated rings. The molecule has 0 aliphatic heterocycles. The number of rotatable bonds is 4. The van der Waals surface area contributed by atoms with Gasteiger partial charge < -0.3 is 10.2 Å². The van der Waals surface area contributed by atoms with Crippen LogP contribution in [-0.4, -0.2) is 22.9 Å². The van der Waals surface area contributed by atoms with Crippen LogP contribution < -0.4 is 0 Å². The first-order chi connectivity index (χ1) is 4.56. The Labute approximate surface area is 62.2 Å². The lowest BCUT2D eigenvalue weighted by molar-refractivity contribution is 0.00882. The Morgan fingerprint density at radius 2 is 2.20 bits per heavy atom. The fourth-order valence-corrected chi connectivity index (χ4v) is 0.697. The normalized spacial score (nSPS) is 19.6. The summed E-state index contributed by atoms with van der Waals surface area (Å²) in [6.45, 7) is 7.06. The molecule has 0 aromatic rings. The van der Waals surface area contributed by atoms with Gasteiger partial charge in [0.15, 0.2) is 0 Å². The SMILES string of the molecule is C=CC[C@](C)(CO)C(C)O. The van der Waals surface area contributed by atoms with Crippen LogP contribution in [0.25, 0.3) is 0 Å². The van der Waals surface area contributed by atoms with Crippen molar-refractivity contribution in [2.24, 2.45) is 5.41 Å². The summed E-state index contributed by atoms with van der Waals surface area (Å²) in [4.78, 5) is 0. The van der Waals surface area contributed by atoms with E-state index in [9.17, 15) is 5.11 Å². The lowest BCUT2D eigenvalue weighted by Crippen LogP contribution is -2.32. The monoisotopic (exact) mass is 144 g/mol. The van der Waals surface area contributed by atoms with E-state index in [-0.39, 0.29) is 6.61 Å². The van der Waals surface area contributed by atoms with E-state index >= 15 is 0 Å². The number of aliphatic hydroxyl groups excluding tert-OH is 2. The van der Waals surface area contributed by atoms with E-state index in [1.165, 1.54) is 0 Å². The Kier molecular flexibility index (Phi) is 3.61. The highest BCUT2D eigenvalue weighted by Crippen LogP contribution is 2.25. The Morgan fingerprint density at radius 1 is 1.70 bits per heavy atom. The molecule has 2 atom stereocenters. The van der Waals surface area contributed by atoms with E-state index in [0.717, 1.165) is 0 Å². The largest absolute Gasteiger partial charge is 0.396 e. The standard InChI is InChI=1S/C8H16O2/c1-4-5-8(3,6-9)7(2)10/h4,7,9-10H,1,5-6H2,2-3H3/t7?,8-/m1/s1. The van der Waals surface area contributed by atoms with Gasteiger partial charge in [0.05, 0.1) is 12.7 Å². The highest BCUT2D eigenvalue weighted by atomic mass is 16.3. The molecule has 2 heteroatoms. The summed E-state index contributed by atoms with van der Waals surface area (Å²) in [6.07, 6.45) is 1.86. The number of aliphatic hydroxyl groups is 2. The maximum absolute atomic E-state index is 9.19. The van der Waals surface area contributed by atoms with Crippen molar-refractivity contribution in [1.82, 2.24) is 0 Å². The van der Waals surface area contributed by atoms with Crippen LogP contribution in [0.5, 0.6) is 0 Å². The van der Waals surface area contributed by atoms with Gasteiger partial charge in [-0.05, 0) is 13.3 Å². The van der Waals surface area contributed by atoms with Gasteiger partial charge in [0.25, 0.3) is 0 Å². The van der Waals surface area contributed by atoms with Gasteiger partial charge in [-0.1, -0.05) is 13.0 Å². The molecule has 0 saturated carbocycles.